The minimum atomic E-state index is 0.267. The molecular formula is C18H28N2. The third-order valence-corrected chi connectivity index (χ3v) is 5.52. The Morgan fingerprint density at radius 2 is 1.80 bits per heavy atom. The molecule has 0 radical (unpaired) electrons. The molecule has 1 unspecified atom stereocenters. The van der Waals surface area contributed by atoms with Crippen LogP contribution in [0, 0.1) is 5.92 Å². The molecule has 0 aromatic heterocycles. The van der Waals surface area contributed by atoms with E-state index in [1.54, 1.807) is 0 Å². The maximum Gasteiger partial charge on any atom is 0.0307 e. The zero-order chi connectivity index (χ0) is 13.8. The molecule has 1 atom stereocenters. The summed E-state index contributed by atoms with van der Waals surface area (Å²) >= 11 is 0. The Bertz CT molecular complexity index is 405. The molecule has 110 valence electrons. The lowest BCUT2D eigenvalue weighted by Crippen LogP contribution is -2.52. The summed E-state index contributed by atoms with van der Waals surface area (Å²) in [5, 5.41) is 0. The Balaban J connectivity index is 1.82. The fourth-order valence-corrected chi connectivity index (χ4v) is 4.12. The summed E-state index contributed by atoms with van der Waals surface area (Å²) in [5.41, 5.74) is 4.96. The maximum absolute atomic E-state index is 5.98. The predicted octanol–water partition coefficient (Wildman–Crippen LogP) is 3.91. The molecule has 0 aliphatic heterocycles. The SMILES string of the molecule is NNC(CCC1CC1)C1(c2ccccc2)CCCCC1. The normalized spacial score (nSPS) is 23.4. The average molecular weight is 272 g/mol. The molecule has 2 aliphatic carbocycles. The summed E-state index contributed by atoms with van der Waals surface area (Å²) in [6.07, 6.45) is 12.1. The number of hydrazine groups is 1. The average Bonchev–Trinajstić information content (AvgIpc) is 3.34. The van der Waals surface area contributed by atoms with Gasteiger partial charge in [-0.2, -0.15) is 0 Å². The van der Waals surface area contributed by atoms with E-state index in [4.69, 9.17) is 5.84 Å². The van der Waals surface area contributed by atoms with E-state index < -0.39 is 0 Å². The van der Waals surface area contributed by atoms with Gasteiger partial charge in [-0.05, 0) is 37.2 Å². The van der Waals surface area contributed by atoms with Crippen LogP contribution in [0.25, 0.3) is 0 Å². The molecule has 2 saturated carbocycles. The van der Waals surface area contributed by atoms with Crippen LogP contribution >= 0.6 is 0 Å². The Hall–Kier alpha value is -0.860. The van der Waals surface area contributed by atoms with Crippen molar-refractivity contribution in [3.05, 3.63) is 35.9 Å². The van der Waals surface area contributed by atoms with Crippen molar-refractivity contribution in [2.75, 3.05) is 0 Å². The van der Waals surface area contributed by atoms with Crippen molar-refractivity contribution in [2.24, 2.45) is 11.8 Å². The Labute approximate surface area is 123 Å². The second kappa shape index (κ2) is 6.28. The molecule has 20 heavy (non-hydrogen) atoms. The molecule has 1 aromatic rings. The highest BCUT2D eigenvalue weighted by Crippen LogP contribution is 2.44. The van der Waals surface area contributed by atoms with Gasteiger partial charge in [0.05, 0.1) is 0 Å². The van der Waals surface area contributed by atoms with E-state index in [0.717, 1.165) is 5.92 Å². The van der Waals surface area contributed by atoms with E-state index in [1.807, 2.05) is 0 Å². The zero-order valence-electron chi connectivity index (χ0n) is 12.5. The molecule has 2 heteroatoms. The molecule has 2 nitrogen and oxygen atoms in total. The summed E-state index contributed by atoms with van der Waals surface area (Å²) < 4.78 is 0. The molecule has 3 N–H and O–H groups in total. The maximum atomic E-state index is 5.98. The highest BCUT2D eigenvalue weighted by Gasteiger charge is 2.41. The second-order valence-corrected chi connectivity index (χ2v) is 6.82. The van der Waals surface area contributed by atoms with Crippen molar-refractivity contribution >= 4 is 0 Å². The van der Waals surface area contributed by atoms with Crippen LogP contribution in [0.15, 0.2) is 30.3 Å². The number of rotatable bonds is 6. The van der Waals surface area contributed by atoms with Crippen LogP contribution in [-0.2, 0) is 5.41 Å². The number of hydrogen-bond acceptors (Lipinski definition) is 2. The van der Waals surface area contributed by atoms with Crippen LogP contribution < -0.4 is 11.3 Å². The van der Waals surface area contributed by atoms with Crippen molar-refractivity contribution in [1.82, 2.24) is 5.43 Å². The molecule has 3 rings (SSSR count). The van der Waals surface area contributed by atoms with Crippen LogP contribution in [0.2, 0.25) is 0 Å². The van der Waals surface area contributed by atoms with Crippen molar-refractivity contribution < 1.29 is 0 Å². The lowest BCUT2D eigenvalue weighted by molar-refractivity contribution is 0.200. The lowest BCUT2D eigenvalue weighted by atomic mass is 9.64. The van der Waals surface area contributed by atoms with E-state index >= 15 is 0 Å². The van der Waals surface area contributed by atoms with Crippen LogP contribution in [-0.4, -0.2) is 6.04 Å². The van der Waals surface area contributed by atoms with Crippen LogP contribution in [0.4, 0.5) is 0 Å². The minimum Gasteiger partial charge on any atom is -0.271 e. The molecule has 0 bridgehead atoms. The topological polar surface area (TPSA) is 38.0 Å². The van der Waals surface area contributed by atoms with Crippen LogP contribution in [0.5, 0.6) is 0 Å². The van der Waals surface area contributed by atoms with E-state index in [9.17, 15) is 0 Å². The summed E-state index contributed by atoms with van der Waals surface area (Å²) in [7, 11) is 0. The Morgan fingerprint density at radius 1 is 1.10 bits per heavy atom. The largest absolute Gasteiger partial charge is 0.271 e. The third-order valence-electron chi connectivity index (χ3n) is 5.52. The smallest absolute Gasteiger partial charge is 0.0307 e. The molecule has 0 spiro atoms. The van der Waals surface area contributed by atoms with Gasteiger partial charge in [-0.3, -0.25) is 11.3 Å². The summed E-state index contributed by atoms with van der Waals surface area (Å²) in [4.78, 5) is 0. The van der Waals surface area contributed by atoms with E-state index in [0.29, 0.717) is 6.04 Å². The van der Waals surface area contributed by atoms with E-state index in [2.05, 4.69) is 35.8 Å². The van der Waals surface area contributed by atoms with Gasteiger partial charge in [0.25, 0.3) is 0 Å². The van der Waals surface area contributed by atoms with Gasteiger partial charge in [-0.1, -0.05) is 62.4 Å². The van der Waals surface area contributed by atoms with E-state index in [1.165, 1.54) is 63.4 Å². The summed E-state index contributed by atoms with van der Waals surface area (Å²) in [6, 6.07) is 11.5. The molecule has 1 aromatic carbocycles. The number of nitrogens with one attached hydrogen (secondary N) is 1. The van der Waals surface area contributed by atoms with Crippen molar-refractivity contribution in [3.63, 3.8) is 0 Å². The van der Waals surface area contributed by atoms with Gasteiger partial charge in [0.1, 0.15) is 0 Å². The predicted molar refractivity (Wildman–Crippen MR) is 84.3 cm³/mol. The van der Waals surface area contributed by atoms with Crippen LogP contribution in [0.1, 0.15) is 63.4 Å². The highest BCUT2D eigenvalue weighted by molar-refractivity contribution is 5.28. The Morgan fingerprint density at radius 3 is 2.40 bits per heavy atom. The lowest BCUT2D eigenvalue weighted by Gasteiger charge is -2.44. The Kier molecular flexibility index (Phi) is 4.42. The second-order valence-electron chi connectivity index (χ2n) is 6.82. The van der Waals surface area contributed by atoms with E-state index in [-0.39, 0.29) is 5.41 Å². The van der Waals surface area contributed by atoms with Gasteiger partial charge >= 0.3 is 0 Å². The van der Waals surface area contributed by atoms with Crippen LogP contribution in [0.3, 0.4) is 0 Å². The fourth-order valence-electron chi connectivity index (χ4n) is 4.12. The monoisotopic (exact) mass is 272 g/mol. The van der Waals surface area contributed by atoms with Crippen molar-refractivity contribution in [2.45, 2.75) is 69.2 Å². The third kappa shape index (κ3) is 2.91. The molecule has 2 aliphatic rings. The quantitative estimate of drug-likeness (QED) is 0.608. The molecular weight excluding hydrogens is 244 g/mol. The zero-order valence-corrected chi connectivity index (χ0v) is 12.5. The highest BCUT2D eigenvalue weighted by atomic mass is 15.2. The first-order valence-electron chi connectivity index (χ1n) is 8.37. The number of nitrogens with two attached hydrogens (primary N) is 1. The van der Waals surface area contributed by atoms with Gasteiger partial charge in [-0.25, -0.2) is 0 Å². The molecule has 2 fully saturated rings. The van der Waals surface area contributed by atoms with Gasteiger partial charge in [0.2, 0.25) is 0 Å². The van der Waals surface area contributed by atoms with Gasteiger partial charge in [-0.15, -0.1) is 0 Å². The molecule has 0 heterocycles. The standard InChI is InChI=1S/C18H28N2/c19-20-17(12-11-15-9-10-15)18(13-5-2-6-14-18)16-7-3-1-4-8-16/h1,3-4,7-8,15,17,20H,2,5-6,9-14,19H2. The fraction of sp³-hybridized carbons (Fsp3) is 0.667. The first kappa shape index (κ1) is 14.1. The first-order chi connectivity index (χ1) is 9.85. The minimum absolute atomic E-state index is 0.267. The first-order valence-corrected chi connectivity index (χ1v) is 8.37. The molecule has 0 saturated heterocycles. The van der Waals surface area contributed by atoms with Gasteiger partial charge < -0.3 is 0 Å². The van der Waals surface area contributed by atoms with Crippen molar-refractivity contribution in [1.29, 1.82) is 0 Å². The number of hydrogen-bond donors (Lipinski definition) is 2. The number of benzene rings is 1. The van der Waals surface area contributed by atoms with Gasteiger partial charge in [0, 0.05) is 11.5 Å². The summed E-state index contributed by atoms with van der Waals surface area (Å²) in [6.45, 7) is 0. The summed E-state index contributed by atoms with van der Waals surface area (Å²) in [5.74, 6) is 6.97. The van der Waals surface area contributed by atoms with Crippen molar-refractivity contribution in [3.8, 4) is 0 Å². The molecule has 0 amide bonds. The van der Waals surface area contributed by atoms with Gasteiger partial charge in [0.15, 0.2) is 0 Å².